The second-order valence-electron chi connectivity index (χ2n) is 8.03. The molecule has 6 nitrogen and oxygen atoms in total. The Morgan fingerprint density at radius 3 is 2.40 bits per heavy atom. The summed E-state index contributed by atoms with van der Waals surface area (Å²) in [6.45, 7) is 4.97. The molecular formula is C19H24ClF3N2O4S. The number of halogens is 4. The number of ether oxygens (including phenoxy) is 1. The van der Waals surface area contributed by atoms with Crippen LogP contribution in [0.2, 0.25) is 5.02 Å². The lowest BCUT2D eigenvalue weighted by Gasteiger charge is -2.26. The molecule has 1 aromatic carbocycles. The lowest BCUT2D eigenvalue weighted by atomic mass is 9.96. The summed E-state index contributed by atoms with van der Waals surface area (Å²) >= 11 is 5.73. The van der Waals surface area contributed by atoms with E-state index < -0.39 is 51.9 Å². The molecule has 0 aliphatic carbocycles. The molecule has 168 valence electrons. The predicted molar refractivity (Wildman–Crippen MR) is 108 cm³/mol. The second kappa shape index (κ2) is 9.13. The summed E-state index contributed by atoms with van der Waals surface area (Å²) in [5.41, 5.74) is -0.762. The molecule has 1 aliphatic rings. The molecular weight excluding hydrogens is 445 g/mol. The van der Waals surface area contributed by atoms with E-state index in [0.29, 0.717) is 5.02 Å². The summed E-state index contributed by atoms with van der Waals surface area (Å²) in [6.07, 6.45) is -5.84. The van der Waals surface area contributed by atoms with Gasteiger partial charge in [-0.1, -0.05) is 23.7 Å². The number of hydrogen-bond acceptors (Lipinski definition) is 4. The van der Waals surface area contributed by atoms with Crippen LogP contribution in [0.1, 0.15) is 45.1 Å². The Kier molecular flexibility index (Phi) is 7.45. The van der Waals surface area contributed by atoms with Crippen LogP contribution in [0, 0.1) is 0 Å². The van der Waals surface area contributed by atoms with Crippen molar-refractivity contribution >= 4 is 33.3 Å². The van der Waals surface area contributed by atoms with Gasteiger partial charge in [0.15, 0.2) is 0 Å². The lowest BCUT2D eigenvalue weighted by Crippen LogP contribution is -2.46. The topological polar surface area (TPSA) is 84.8 Å². The van der Waals surface area contributed by atoms with E-state index in [-0.39, 0.29) is 23.5 Å². The van der Waals surface area contributed by atoms with Crippen LogP contribution >= 0.6 is 11.6 Å². The minimum atomic E-state index is -4.55. The molecule has 11 heteroatoms. The first kappa shape index (κ1) is 24.5. The predicted octanol–water partition coefficient (Wildman–Crippen LogP) is 4.67. The number of carbonyl (C=O) groups is 2. The van der Waals surface area contributed by atoms with Crippen LogP contribution < -0.4 is 5.32 Å². The van der Waals surface area contributed by atoms with Crippen molar-refractivity contribution in [3.8, 4) is 0 Å². The normalized spacial score (nSPS) is 23.4. The largest absolute Gasteiger partial charge is 0.444 e. The van der Waals surface area contributed by atoms with Gasteiger partial charge in [0.05, 0.1) is 15.6 Å². The molecule has 0 spiro atoms. The summed E-state index contributed by atoms with van der Waals surface area (Å²) in [5, 5.41) is 2.67. The van der Waals surface area contributed by atoms with E-state index in [4.69, 9.17) is 16.3 Å². The fourth-order valence-corrected chi connectivity index (χ4v) is 5.12. The number of nitrogens with one attached hydrogen (secondary N) is 1. The van der Waals surface area contributed by atoms with Gasteiger partial charge in [-0.15, -0.1) is 0 Å². The van der Waals surface area contributed by atoms with Gasteiger partial charge in [0.1, 0.15) is 11.6 Å². The number of benzene rings is 1. The fourth-order valence-electron chi connectivity index (χ4n) is 2.95. The van der Waals surface area contributed by atoms with E-state index in [9.17, 15) is 27.0 Å². The molecule has 1 aliphatic heterocycles. The van der Waals surface area contributed by atoms with Crippen LogP contribution in [-0.4, -0.2) is 45.5 Å². The van der Waals surface area contributed by atoms with Crippen molar-refractivity contribution in [2.24, 2.45) is 4.36 Å². The highest BCUT2D eigenvalue weighted by molar-refractivity contribution is 7.93. The number of rotatable bonds is 5. The third-order valence-electron chi connectivity index (χ3n) is 4.36. The fraction of sp³-hybridized carbons (Fsp3) is 0.579. The Hall–Kier alpha value is -1.81. The maximum Gasteiger partial charge on any atom is 0.408 e. The van der Waals surface area contributed by atoms with Gasteiger partial charge in [-0.3, -0.25) is 4.79 Å². The molecule has 1 aromatic rings. The summed E-state index contributed by atoms with van der Waals surface area (Å²) in [6, 6.07) is 4.26. The molecule has 0 saturated carbocycles. The van der Waals surface area contributed by atoms with Gasteiger partial charge in [0.2, 0.25) is 0 Å². The van der Waals surface area contributed by atoms with Gasteiger partial charge in [0, 0.05) is 16.5 Å². The molecule has 1 heterocycles. The minimum Gasteiger partial charge on any atom is -0.444 e. The zero-order valence-electron chi connectivity index (χ0n) is 16.8. The molecule has 0 aromatic heterocycles. The summed E-state index contributed by atoms with van der Waals surface area (Å²) in [4.78, 5) is 24.0. The lowest BCUT2D eigenvalue weighted by molar-refractivity contribution is -0.150. The van der Waals surface area contributed by atoms with Gasteiger partial charge in [0.25, 0.3) is 5.91 Å². The zero-order valence-corrected chi connectivity index (χ0v) is 18.4. The number of alkyl carbamates (subject to hydrolysis) is 1. The number of alkyl halides is 3. The Bertz CT molecular complexity index is 904. The van der Waals surface area contributed by atoms with Crippen molar-refractivity contribution in [3.05, 3.63) is 34.9 Å². The van der Waals surface area contributed by atoms with Crippen LogP contribution in [0.15, 0.2) is 28.6 Å². The van der Waals surface area contributed by atoms with E-state index >= 15 is 0 Å². The maximum atomic E-state index is 13.5. The molecule has 1 N–H and O–H groups in total. The molecule has 2 amide bonds. The van der Waals surface area contributed by atoms with Crippen LogP contribution in [0.25, 0.3) is 0 Å². The van der Waals surface area contributed by atoms with Crippen molar-refractivity contribution in [1.82, 2.24) is 5.32 Å². The van der Waals surface area contributed by atoms with Crippen molar-refractivity contribution < 1.29 is 31.7 Å². The van der Waals surface area contributed by atoms with Crippen molar-refractivity contribution in [3.63, 3.8) is 0 Å². The average molecular weight is 469 g/mol. The minimum absolute atomic E-state index is 0.00139. The molecule has 2 unspecified atom stereocenters. The molecule has 0 fully saturated rings. The quantitative estimate of drug-likeness (QED) is 0.680. The summed E-state index contributed by atoms with van der Waals surface area (Å²) < 4.78 is 62.1. The number of hydrogen-bond donors (Lipinski definition) is 1. The van der Waals surface area contributed by atoms with Crippen molar-refractivity contribution in [2.75, 3.05) is 11.5 Å². The molecule has 0 radical (unpaired) electrons. The van der Waals surface area contributed by atoms with E-state index in [1.165, 1.54) is 24.3 Å². The van der Waals surface area contributed by atoms with Gasteiger partial charge >= 0.3 is 12.3 Å². The van der Waals surface area contributed by atoms with Crippen LogP contribution in [-0.2, 0) is 19.3 Å². The molecule has 3 atom stereocenters. The summed E-state index contributed by atoms with van der Waals surface area (Å²) in [7, 11) is -3.16. The molecule has 30 heavy (non-hydrogen) atoms. The number of carbonyl (C=O) groups excluding carboxylic acids is 2. The third kappa shape index (κ3) is 7.16. The van der Waals surface area contributed by atoms with E-state index in [1.807, 2.05) is 0 Å². The van der Waals surface area contributed by atoms with Gasteiger partial charge < -0.3 is 10.1 Å². The molecule has 2 rings (SSSR count). The SMILES string of the molecule is CC(C)(C)OC(=O)N[C@H]1CCS(=O)(CCC(c2ccc(Cl)cc2)C(F)(F)F)=NC1=O. The number of nitrogens with zero attached hydrogens (tertiary/aromatic N) is 1. The van der Waals surface area contributed by atoms with Crippen molar-refractivity contribution in [1.29, 1.82) is 0 Å². The first-order valence-corrected chi connectivity index (χ1v) is 11.5. The highest BCUT2D eigenvalue weighted by Crippen LogP contribution is 2.38. The Morgan fingerprint density at radius 1 is 1.30 bits per heavy atom. The Labute approximate surface area is 178 Å². The second-order valence-corrected chi connectivity index (χ2v) is 11.0. The van der Waals surface area contributed by atoms with Gasteiger partial charge in [-0.2, -0.15) is 17.5 Å². The Morgan fingerprint density at radius 2 is 1.90 bits per heavy atom. The highest BCUT2D eigenvalue weighted by Gasteiger charge is 2.41. The van der Waals surface area contributed by atoms with Crippen molar-refractivity contribution in [2.45, 2.75) is 57.3 Å². The molecule has 0 bridgehead atoms. The smallest absolute Gasteiger partial charge is 0.408 e. The van der Waals surface area contributed by atoms with Gasteiger partial charge in [-0.05, 0) is 51.3 Å². The van der Waals surface area contributed by atoms with Crippen LogP contribution in [0.5, 0.6) is 0 Å². The first-order valence-electron chi connectivity index (χ1n) is 9.27. The summed E-state index contributed by atoms with van der Waals surface area (Å²) in [5.74, 6) is -3.15. The van der Waals surface area contributed by atoms with E-state index in [2.05, 4.69) is 9.68 Å². The van der Waals surface area contributed by atoms with Gasteiger partial charge in [-0.25, -0.2) is 9.00 Å². The number of amides is 2. The maximum absolute atomic E-state index is 13.5. The standard InChI is InChI=1S/C19H24ClF3N2O4S/c1-18(2,3)29-17(27)24-15-9-11-30(28,25-16(15)26)10-8-14(19(21,22)23)12-4-6-13(20)7-5-12/h4-7,14-15H,8-11H2,1-3H3,(H,24,27)/t14?,15-,30?/m0/s1. The highest BCUT2D eigenvalue weighted by atomic mass is 35.5. The van der Waals surface area contributed by atoms with E-state index in [1.54, 1.807) is 20.8 Å². The van der Waals surface area contributed by atoms with E-state index in [0.717, 1.165) is 0 Å². The average Bonchev–Trinajstić information content (AvgIpc) is 2.56. The zero-order chi connectivity index (χ0) is 22.7. The van der Waals surface area contributed by atoms with Crippen LogP contribution in [0.4, 0.5) is 18.0 Å². The first-order chi connectivity index (χ1) is 13.7. The monoisotopic (exact) mass is 468 g/mol. The molecule has 0 saturated heterocycles. The Balaban J connectivity index is 2.08. The third-order valence-corrected chi connectivity index (χ3v) is 6.88. The van der Waals surface area contributed by atoms with Crippen LogP contribution in [0.3, 0.4) is 0 Å².